The van der Waals surface area contributed by atoms with Gasteiger partial charge >= 0.3 is 0 Å². The molecule has 0 saturated carbocycles. The first-order valence-electron chi connectivity index (χ1n) is 5.94. The van der Waals surface area contributed by atoms with E-state index in [1.54, 1.807) is 25.1 Å². The third kappa shape index (κ3) is 2.29. The van der Waals surface area contributed by atoms with E-state index in [2.05, 4.69) is 11.6 Å². The van der Waals surface area contributed by atoms with E-state index in [1.165, 1.54) is 13.1 Å². The highest BCUT2D eigenvalue weighted by molar-refractivity contribution is 7.89. The molecule has 2 rings (SSSR count). The minimum Gasteiger partial charge on any atom is -0.369 e. The molecule has 1 atom stereocenters. The maximum Gasteiger partial charge on any atom is 0.239 e. The van der Waals surface area contributed by atoms with Crippen LogP contribution in [0.5, 0.6) is 0 Å². The molecule has 1 aromatic rings. The van der Waals surface area contributed by atoms with E-state index in [0.29, 0.717) is 5.56 Å². The minimum atomic E-state index is -3.62. The predicted molar refractivity (Wildman–Crippen MR) is 77.0 cm³/mol. The van der Waals surface area contributed by atoms with Crippen LogP contribution in [0.15, 0.2) is 29.8 Å². The predicted octanol–water partition coefficient (Wildman–Crippen LogP) is 1.27. The zero-order valence-corrected chi connectivity index (χ0v) is 12.1. The van der Waals surface area contributed by atoms with Crippen LogP contribution in [0.2, 0.25) is 0 Å². The molecule has 0 spiro atoms. The van der Waals surface area contributed by atoms with Gasteiger partial charge in [0, 0.05) is 12.6 Å². The van der Waals surface area contributed by atoms with Crippen molar-refractivity contribution in [2.45, 2.75) is 12.5 Å². The van der Waals surface area contributed by atoms with E-state index >= 15 is 0 Å². The van der Waals surface area contributed by atoms with Crippen LogP contribution in [-0.2, 0) is 15.6 Å². The Labute approximate surface area is 117 Å². The van der Waals surface area contributed by atoms with E-state index in [0.717, 1.165) is 4.31 Å². The van der Waals surface area contributed by atoms with Crippen LogP contribution in [0, 0.1) is 5.82 Å². The summed E-state index contributed by atoms with van der Waals surface area (Å²) in [6, 6.07) is 4.37. The first-order valence-corrected chi connectivity index (χ1v) is 7.55. The smallest absolute Gasteiger partial charge is 0.239 e. The summed E-state index contributed by atoms with van der Waals surface area (Å²) in [6.07, 6.45) is 1.56. The highest BCUT2D eigenvalue weighted by Crippen LogP contribution is 2.33. The van der Waals surface area contributed by atoms with Crippen LogP contribution in [-0.4, -0.2) is 31.5 Å². The molecule has 1 aliphatic rings. The zero-order valence-electron chi connectivity index (χ0n) is 11.3. The molecule has 0 radical (unpaired) electrons. The SMILES string of the molecule is C=Cc1ccc(F)c([C@]2(C)CS(=O)(=O)N(C)C(N)=N2)c1. The lowest BCUT2D eigenvalue weighted by molar-refractivity contribution is 0.458. The highest BCUT2D eigenvalue weighted by Gasteiger charge is 2.41. The Morgan fingerprint density at radius 3 is 2.75 bits per heavy atom. The Balaban J connectivity index is 2.65. The van der Waals surface area contributed by atoms with Gasteiger partial charge < -0.3 is 5.73 Å². The van der Waals surface area contributed by atoms with Gasteiger partial charge in [-0.05, 0) is 24.6 Å². The fraction of sp³-hybridized carbons (Fsp3) is 0.308. The maximum absolute atomic E-state index is 14.1. The van der Waals surface area contributed by atoms with Crippen LogP contribution in [0.3, 0.4) is 0 Å². The van der Waals surface area contributed by atoms with Gasteiger partial charge in [0.05, 0.1) is 5.75 Å². The molecule has 5 nitrogen and oxygen atoms in total. The molecule has 0 fully saturated rings. The van der Waals surface area contributed by atoms with Crippen LogP contribution in [0.25, 0.3) is 6.08 Å². The molecule has 1 aliphatic heterocycles. The van der Waals surface area contributed by atoms with Crippen molar-refractivity contribution in [3.8, 4) is 0 Å². The molecule has 0 amide bonds. The Morgan fingerprint density at radius 2 is 2.20 bits per heavy atom. The minimum absolute atomic E-state index is 0.151. The van der Waals surface area contributed by atoms with Gasteiger partial charge in [0.2, 0.25) is 16.0 Å². The Kier molecular flexibility index (Phi) is 3.33. The van der Waals surface area contributed by atoms with Crippen molar-refractivity contribution in [2.24, 2.45) is 10.7 Å². The number of sulfonamides is 1. The van der Waals surface area contributed by atoms with Gasteiger partial charge in [0.15, 0.2) is 0 Å². The average molecular weight is 297 g/mol. The average Bonchev–Trinajstić information content (AvgIpc) is 2.36. The van der Waals surface area contributed by atoms with Gasteiger partial charge in [-0.1, -0.05) is 18.7 Å². The van der Waals surface area contributed by atoms with Crippen molar-refractivity contribution in [2.75, 3.05) is 12.8 Å². The second kappa shape index (κ2) is 4.59. The van der Waals surface area contributed by atoms with E-state index < -0.39 is 21.4 Å². The lowest BCUT2D eigenvalue weighted by Gasteiger charge is -2.34. The van der Waals surface area contributed by atoms with E-state index in [4.69, 9.17) is 5.73 Å². The third-order valence-corrected chi connectivity index (χ3v) is 5.32. The largest absolute Gasteiger partial charge is 0.369 e. The van der Waals surface area contributed by atoms with E-state index in [9.17, 15) is 12.8 Å². The molecule has 0 bridgehead atoms. The van der Waals surface area contributed by atoms with Gasteiger partial charge in [0.25, 0.3) is 0 Å². The Hall–Kier alpha value is -1.89. The molecule has 0 saturated heterocycles. The van der Waals surface area contributed by atoms with Gasteiger partial charge in [-0.25, -0.2) is 22.1 Å². The monoisotopic (exact) mass is 297 g/mol. The number of rotatable bonds is 2. The number of hydrogen-bond acceptors (Lipinski definition) is 4. The Morgan fingerprint density at radius 1 is 1.55 bits per heavy atom. The molecule has 0 aliphatic carbocycles. The highest BCUT2D eigenvalue weighted by atomic mass is 32.2. The van der Waals surface area contributed by atoms with Crippen molar-refractivity contribution in [1.82, 2.24) is 4.31 Å². The summed E-state index contributed by atoms with van der Waals surface area (Å²) in [7, 11) is -2.29. The lowest BCUT2D eigenvalue weighted by Crippen LogP contribution is -2.50. The van der Waals surface area contributed by atoms with Crippen molar-refractivity contribution in [1.29, 1.82) is 0 Å². The molecular formula is C13H16FN3O2S. The zero-order chi connectivity index (χ0) is 15.1. The number of nitrogens with zero attached hydrogens (tertiary/aromatic N) is 2. The molecule has 2 N–H and O–H groups in total. The normalized spacial score (nSPS) is 25.1. The van der Waals surface area contributed by atoms with E-state index in [1.807, 2.05) is 0 Å². The van der Waals surface area contributed by atoms with Crippen LogP contribution < -0.4 is 5.73 Å². The summed E-state index contributed by atoms with van der Waals surface area (Å²) in [4.78, 5) is 4.16. The fourth-order valence-electron chi connectivity index (χ4n) is 2.17. The summed E-state index contributed by atoms with van der Waals surface area (Å²) in [5.41, 5.74) is 5.27. The standard InChI is InChI=1S/C13H16FN3O2S/c1-4-9-5-6-11(14)10(7-9)13(2)8-20(18,19)17(3)12(15)16-13/h4-7H,1,8H2,2-3H3,(H2,15,16)/t13-/m0/s1. The van der Waals surface area contributed by atoms with Crippen molar-refractivity contribution in [3.05, 3.63) is 41.7 Å². The van der Waals surface area contributed by atoms with Crippen molar-refractivity contribution < 1.29 is 12.8 Å². The summed E-state index contributed by atoms with van der Waals surface area (Å²) >= 11 is 0. The van der Waals surface area contributed by atoms with Crippen molar-refractivity contribution in [3.63, 3.8) is 0 Å². The lowest BCUT2D eigenvalue weighted by atomic mass is 9.92. The number of benzene rings is 1. The summed E-state index contributed by atoms with van der Waals surface area (Å²) in [6.45, 7) is 5.17. The summed E-state index contributed by atoms with van der Waals surface area (Å²) in [5.74, 6) is -1.01. The number of halogens is 1. The first kappa shape index (κ1) is 14.5. The van der Waals surface area contributed by atoms with Gasteiger partial charge in [-0.15, -0.1) is 0 Å². The molecule has 108 valence electrons. The quantitative estimate of drug-likeness (QED) is 0.893. The molecule has 0 aromatic heterocycles. The summed E-state index contributed by atoms with van der Waals surface area (Å²) < 4.78 is 39.1. The van der Waals surface area contributed by atoms with Crippen LogP contribution >= 0.6 is 0 Å². The fourth-order valence-corrected chi connectivity index (χ4v) is 3.62. The number of guanidine groups is 1. The first-order chi connectivity index (χ1) is 9.19. The van der Waals surface area contributed by atoms with Gasteiger partial charge in [0.1, 0.15) is 11.4 Å². The van der Waals surface area contributed by atoms with Crippen LogP contribution in [0.4, 0.5) is 4.39 Å². The second-order valence-electron chi connectivity index (χ2n) is 4.91. The number of aliphatic imine (C=N–C) groups is 1. The maximum atomic E-state index is 14.1. The second-order valence-corrected chi connectivity index (χ2v) is 6.91. The topological polar surface area (TPSA) is 75.8 Å². The summed E-state index contributed by atoms with van der Waals surface area (Å²) in [5, 5.41) is 0. The molecule has 0 unspecified atom stereocenters. The molecule has 20 heavy (non-hydrogen) atoms. The number of nitrogens with two attached hydrogens (primary N) is 1. The molecule has 1 heterocycles. The number of hydrogen-bond donors (Lipinski definition) is 1. The molecule has 7 heteroatoms. The molecular weight excluding hydrogens is 281 g/mol. The van der Waals surface area contributed by atoms with Gasteiger partial charge in [-0.2, -0.15) is 0 Å². The molecule has 1 aromatic carbocycles. The van der Waals surface area contributed by atoms with Crippen LogP contribution in [0.1, 0.15) is 18.1 Å². The van der Waals surface area contributed by atoms with Crippen molar-refractivity contribution >= 4 is 22.1 Å². The third-order valence-electron chi connectivity index (χ3n) is 3.37. The van der Waals surface area contributed by atoms with E-state index in [-0.39, 0.29) is 17.3 Å². The van der Waals surface area contributed by atoms with Gasteiger partial charge in [-0.3, -0.25) is 0 Å². The Bertz CT molecular complexity index is 700.